The van der Waals surface area contributed by atoms with Crippen LogP contribution in [0.4, 0.5) is 24.5 Å². The van der Waals surface area contributed by atoms with Crippen molar-refractivity contribution in [3.8, 4) is 0 Å². The average Bonchev–Trinajstić information content (AvgIpc) is 2.72. The van der Waals surface area contributed by atoms with E-state index in [4.69, 9.17) is 0 Å². The first kappa shape index (κ1) is 21.9. The average molecular weight is 443 g/mol. The number of nitrogens with one attached hydrogen (secondary N) is 1. The van der Waals surface area contributed by atoms with Gasteiger partial charge in [0.1, 0.15) is 5.82 Å². The molecule has 1 atom stereocenters. The lowest BCUT2D eigenvalue weighted by molar-refractivity contribution is -0.133. The van der Waals surface area contributed by atoms with E-state index in [1.165, 1.54) is 18.3 Å². The third kappa shape index (κ3) is 4.06. The number of anilines is 2. The van der Waals surface area contributed by atoms with Gasteiger partial charge in [-0.2, -0.15) is 10.2 Å². The molecule has 1 N–H and O–H groups in total. The molecule has 3 aromatic rings. The Labute approximate surface area is 184 Å². The zero-order valence-corrected chi connectivity index (χ0v) is 18.0. The quantitative estimate of drug-likeness (QED) is 0.612. The molecule has 2 heterocycles. The van der Waals surface area contributed by atoms with Gasteiger partial charge < -0.3 is 15.1 Å². The summed E-state index contributed by atoms with van der Waals surface area (Å²) in [5, 5.41) is 12.1. The summed E-state index contributed by atoms with van der Waals surface area (Å²) in [7, 11) is 3.50. The van der Waals surface area contributed by atoms with Gasteiger partial charge in [-0.05, 0) is 25.1 Å². The van der Waals surface area contributed by atoms with E-state index in [9.17, 15) is 18.0 Å². The van der Waals surface area contributed by atoms with Crippen molar-refractivity contribution in [1.29, 1.82) is 0 Å². The summed E-state index contributed by atoms with van der Waals surface area (Å²) < 4.78 is 40.7. The number of alkyl halides is 2. The highest BCUT2D eigenvalue weighted by Gasteiger charge is 2.33. The molecule has 1 amide bonds. The van der Waals surface area contributed by atoms with E-state index in [0.717, 1.165) is 17.1 Å². The number of benzene rings is 2. The van der Waals surface area contributed by atoms with Crippen LogP contribution in [-0.2, 0) is 4.79 Å². The number of fused-ring (bicyclic) bond motifs is 1. The maximum absolute atomic E-state index is 14.6. The van der Waals surface area contributed by atoms with Gasteiger partial charge in [-0.25, -0.2) is 13.2 Å². The zero-order chi connectivity index (χ0) is 23.0. The number of halogens is 3. The molecule has 0 spiro atoms. The molecule has 0 bridgehead atoms. The van der Waals surface area contributed by atoms with Crippen molar-refractivity contribution in [2.75, 3.05) is 37.4 Å². The van der Waals surface area contributed by atoms with Crippen molar-refractivity contribution >= 4 is 28.2 Å². The van der Waals surface area contributed by atoms with Crippen molar-refractivity contribution in [2.45, 2.75) is 19.4 Å². The lowest BCUT2D eigenvalue weighted by Gasteiger charge is -2.41. The van der Waals surface area contributed by atoms with Gasteiger partial charge in [0.25, 0.3) is 6.43 Å². The molecule has 1 aliphatic rings. The first-order valence-electron chi connectivity index (χ1n) is 10.3. The summed E-state index contributed by atoms with van der Waals surface area (Å²) in [5.41, 5.74) is 1.74. The Kier molecular flexibility index (Phi) is 5.90. The van der Waals surface area contributed by atoms with Crippen LogP contribution >= 0.6 is 0 Å². The number of carbonyl (C=O) groups is 1. The van der Waals surface area contributed by atoms with Crippen molar-refractivity contribution in [3.63, 3.8) is 0 Å². The molecule has 1 aliphatic heterocycles. The molecular weight excluding hydrogens is 419 g/mol. The van der Waals surface area contributed by atoms with Crippen LogP contribution in [0.15, 0.2) is 42.6 Å². The second-order valence-electron chi connectivity index (χ2n) is 8.21. The van der Waals surface area contributed by atoms with Crippen LogP contribution in [0.5, 0.6) is 0 Å². The van der Waals surface area contributed by atoms with Crippen LogP contribution in [0.25, 0.3) is 10.9 Å². The number of nitrogens with zero attached hydrogens (tertiary/aromatic N) is 4. The number of hydrogen-bond acceptors (Lipinski definition) is 5. The minimum absolute atomic E-state index is 0.0287. The molecule has 9 heteroatoms. The standard InChI is InChI=1S/C23H24F3N5O/c1-13(16-5-4-6-17(21(16)24)22(25)26)28-20-10-27-29-19-8-7-15(9-18(19)20)31-11-14(12-31)23(32)30(2)3/h4-10,13-14,22H,11-12H2,1-3H3,(H,28,29)/t13-/m1/s1. The summed E-state index contributed by atoms with van der Waals surface area (Å²) in [5.74, 6) is -0.831. The topological polar surface area (TPSA) is 61.4 Å². The van der Waals surface area contributed by atoms with E-state index in [1.807, 2.05) is 18.2 Å². The Bertz CT molecular complexity index is 1150. The van der Waals surface area contributed by atoms with Crippen LogP contribution in [0.3, 0.4) is 0 Å². The lowest BCUT2D eigenvalue weighted by Crippen LogP contribution is -2.53. The van der Waals surface area contributed by atoms with Gasteiger partial charge in [0, 0.05) is 43.8 Å². The van der Waals surface area contributed by atoms with Gasteiger partial charge in [-0.3, -0.25) is 4.79 Å². The van der Waals surface area contributed by atoms with Gasteiger partial charge in [0.15, 0.2) is 0 Å². The molecule has 2 aromatic carbocycles. The minimum atomic E-state index is -2.88. The van der Waals surface area contributed by atoms with Crippen molar-refractivity contribution < 1.29 is 18.0 Å². The number of aromatic nitrogens is 2. The molecule has 0 unspecified atom stereocenters. The minimum Gasteiger partial charge on any atom is -0.377 e. The monoisotopic (exact) mass is 443 g/mol. The second-order valence-corrected chi connectivity index (χ2v) is 8.21. The van der Waals surface area contributed by atoms with Gasteiger partial charge in [-0.15, -0.1) is 0 Å². The van der Waals surface area contributed by atoms with E-state index in [1.54, 1.807) is 25.9 Å². The molecule has 168 valence electrons. The third-order valence-electron chi connectivity index (χ3n) is 5.79. The van der Waals surface area contributed by atoms with Crippen molar-refractivity contribution in [1.82, 2.24) is 15.1 Å². The van der Waals surface area contributed by atoms with Gasteiger partial charge >= 0.3 is 0 Å². The summed E-state index contributed by atoms with van der Waals surface area (Å²) in [4.78, 5) is 15.8. The van der Waals surface area contributed by atoms with Crippen LogP contribution in [0, 0.1) is 11.7 Å². The molecular formula is C23H24F3N5O. The SMILES string of the molecule is C[C@@H](Nc1cnnc2ccc(N3CC(C(=O)N(C)C)C3)cc12)c1cccc(C(F)F)c1F. The van der Waals surface area contributed by atoms with Crippen LogP contribution in [0.2, 0.25) is 0 Å². The fourth-order valence-corrected chi connectivity index (χ4v) is 3.95. The van der Waals surface area contributed by atoms with E-state index in [2.05, 4.69) is 20.4 Å². The molecule has 6 nitrogen and oxygen atoms in total. The van der Waals surface area contributed by atoms with Crippen molar-refractivity contribution in [2.24, 2.45) is 5.92 Å². The maximum atomic E-state index is 14.6. The number of amides is 1. The molecule has 1 fully saturated rings. The lowest BCUT2D eigenvalue weighted by atomic mass is 9.97. The van der Waals surface area contributed by atoms with Crippen LogP contribution < -0.4 is 10.2 Å². The molecule has 1 saturated heterocycles. The summed E-state index contributed by atoms with van der Waals surface area (Å²) in [6.07, 6.45) is -1.35. The number of rotatable bonds is 6. The summed E-state index contributed by atoms with van der Waals surface area (Å²) in [6, 6.07) is 9.14. The Morgan fingerprint density at radius 2 is 1.91 bits per heavy atom. The van der Waals surface area contributed by atoms with E-state index in [-0.39, 0.29) is 17.4 Å². The highest BCUT2D eigenvalue weighted by molar-refractivity contribution is 5.93. The highest BCUT2D eigenvalue weighted by atomic mass is 19.3. The highest BCUT2D eigenvalue weighted by Crippen LogP contribution is 2.33. The van der Waals surface area contributed by atoms with Gasteiger partial charge in [-0.1, -0.05) is 18.2 Å². The van der Waals surface area contributed by atoms with E-state index in [0.29, 0.717) is 24.3 Å². The summed E-state index contributed by atoms with van der Waals surface area (Å²) in [6.45, 7) is 2.97. The summed E-state index contributed by atoms with van der Waals surface area (Å²) >= 11 is 0. The smallest absolute Gasteiger partial charge is 0.266 e. The Morgan fingerprint density at radius 1 is 1.19 bits per heavy atom. The normalized spacial score (nSPS) is 15.0. The Morgan fingerprint density at radius 3 is 2.59 bits per heavy atom. The van der Waals surface area contributed by atoms with Crippen LogP contribution in [-0.4, -0.2) is 48.2 Å². The predicted octanol–water partition coefficient (Wildman–Crippen LogP) is 4.40. The zero-order valence-electron chi connectivity index (χ0n) is 18.0. The number of carbonyl (C=O) groups excluding carboxylic acids is 1. The van der Waals surface area contributed by atoms with Gasteiger partial charge in [0.2, 0.25) is 5.91 Å². The van der Waals surface area contributed by atoms with Gasteiger partial charge in [0.05, 0.1) is 34.9 Å². The first-order chi connectivity index (χ1) is 15.3. The fraction of sp³-hybridized carbons (Fsp3) is 0.348. The largest absolute Gasteiger partial charge is 0.377 e. The molecule has 32 heavy (non-hydrogen) atoms. The van der Waals surface area contributed by atoms with Crippen molar-refractivity contribution in [3.05, 3.63) is 59.5 Å². The van der Waals surface area contributed by atoms with Crippen LogP contribution in [0.1, 0.15) is 30.5 Å². The molecule has 0 aliphatic carbocycles. The maximum Gasteiger partial charge on any atom is 0.266 e. The molecule has 1 aromatic heterocycles. The predicted molar refractivity (Wildman–Crippen MR) is 117 cm³/mol. The molecule has 4 rings (SSSR count). The van der Waals surface area contributed by atoms with E-state index < -0.39 is 23.8 Å². The Hall–Kier alpha value is -3.36. The second kappa shape index (κ2) is 8.64. The third-order valence-corrected chi connectivity index (χ3v) is 5.79. The number of hydrogen-bond donors (Lipinski definition) is 1. The fourth-order valence-electron chi connectivity index (χ4n) is 3.95. The van der Waals surface area contributed by atoms with E-state index >= 15 is 0 Å². The first-order valence-corrected chi connectivity index (χ1v) is 10.3. The molecule has 0 radical (unpaired) electrons. The molecule has 0 saturated carbocycles. The Balaban J connectivity index is 1.58.